The third-order valence-corrected chi connectivity index (χ3v) is 2.16. The molecule has 84 valence electrons. The number of rotatable bonds is 4. The van der Waals surface area contributed by atoms with E-state index in [-0.39, 0.29) is 17.5 Å². The lowest BCUT2D eigenvalue weighted by molar-refractivity contribution is 0.0697. The first kappa shape index (κ1) is 12.1. The van der Waals surface area contributed by atoms with Gasteiger partial charge in [-0.15, -0.1) is 6.42 Å². The van der Waals surface area contributed by atoms with Crippen LogP contribution in [0.5, 0.6) is 0 Å². The number of aromatic nitrogens is 1. The number of pyridine rings is 1. The lowest BCUT2D eigenvalue weighted by Crippen LogP contribution is -2.24. The minimum atomic E-state index is -0.979. The van der Waals surface area contributed by atoms with Gasteiger partial charge in [0.15, 0.2) is 0 Å². The number of terminal acetylenes is 1. The van der Waals surface area contributed by atoms with E-state index >= 15 is 0 Å². The molecule has 1 rings (SSSR count). The maximum Gasteiger partial charge on any atom is 0.335 e. The average Bonchev–Trinajstić information content (AvgIpc) is 2.25. The molecule has 0 bridgehead atoms. The molecule has 0 aromatic carbocycles. The standard InChI is InChI=1S/C12H14N2O2/c1-4-10(8(2)3)14-11-7-9(12(15)16)5-6-13-11/h1,5-8,10H,2-3H3,(H,13,14)(H,15,16). The van der Waals surface area contributed by atoms with Gasteiger partial charge in [0.1, 0.15) is 5.82 Å². The molecule has 0 aliphatic carbocycles. The molecule has 1 aromatic heterocycles. The summed E-state index contributed by atoms with van der Waals surface area (Å²) >= 11 is 0. The monoisotopic (exact) mass is 218 g/mol. The smallest absolute Gasteiger partial charge is 0.335 e. The number of hydrogen-bond acceptors (Lipinski definition) is 3. The lowest BCUT2D eigenvalue weighted by Gasteiger charge is -2.17. The molecule has 0 saturated heterocycles. The van der Waals surface area contributed by atoms with Gasteiger partial charge in [-0.05, 0) is 18.1 Å². The third-order valence-electron chi connectivity index (χ3n) is 2.16. The van der Waals surface area contributed by atoms with Crippen LogP contribution in [0.25, 0.3) is 0 Å². The first-order valence-electron chi connectivity index (χ1n) is 4.96. The molecular formula is C12H14N2O2. The minimum Gasteiger partial charge on any atom is -0.478 e. The van der Waals surface area contributed by atoms with Crippen LogP contribution in [0.4, 0.5) is 5.82 Å². The van der Waals surface area contributed by atoms with E-state index in [1.807, 2.05) is 13.8 Å². The predicted molar refractivity (Wildman–Crippen MR) is 62.3 cm³/mol. The number of nitrogens with one attached hydrogen (secondary N) is 1. The van der Waals surface area contributed by atoms with Gasteiger partial charge in [-0.3, -0.25) is 0 Å². The number of carboxylic acid groups (broad SMARTS) is 1. The van der Waals surface area contributed by atoms with Crippen LogP contribution in [0, 0.1) is 18.3 Å². The van der Waals surface area contributed by atoms with Gasteiger partial charge in [0.25, 0.3) is 0 Å². The Hall–Kier alpha value is -2.02. The maximum atomic E-state index is 10.7. The second kappa shape index (κ2) is 5.17. The predicted octanol–water partition coefficient (Wildman–Crippen LogP) is 1.85. The molecule has 0 aliphatic heterocycles. The number of hydrogen-bond donors (Lipinski definition) is 2. The van der Waals surface area contributed by atoms with E-state index in [1.54, 1.807) is 0 Å². The summed E-state index contributed by atoms with van der Waals surface area (Å²) in [5.74, 6) is 2.35. The van der Waals surface area contributed by atoms with Crippen LogP contribution in [0.3, 0.4) is 0 Å². The van der Waals surface area contributed by atoms with Crippen LogP contribution in [0.1, 0.15) is 24.2 Å². The van der Waals surface area contributed by atoms with Gasteiger partial charge in [-0.2, -0.15) is 0 Å². The third kappa shape index (κ3) is 2.99. The van der Waals surface area contributed by atoms with Gasteiger partial charge in [0, 0.05) is 6.20 Å². The zero-order valence-corrected chi connectivity index (χ0v) is 9.27. The molecule has 0 amide bonds. The van der Waals surface area contributed by atoms with Crippen molar-refractivity contribution in [3.63, 3.8) is 0 Å². The van der Waals surface area contributed by atoms with Crippen molar-refractivity contribution >= 4 is 11.8 Å². The zero-order valence-electron chi connectivity index (χ0n) is 9.27. The molecular weight excluding hydrogens is 204 g/mol. The summed E-state index contributed by atoms with van der Waals surface area (Å²) < 4.78 is 0. The molecule has 16 heavy (non-hydrogen) atoms. The Bertz CT molecular complexity index is 421. The SMILES string of the molecule is C#CC(Nc1cc(C(=O)O)ccn1)C(C)C. The second-order valence-corrected chi connectivity index (χ2v) is 3.77. The molecule has 1 unspecified atom stereocenters. The summed E-state index contributed by atoms with van der Waals surface area (Å²) in [4.78, 5) is 14.8. The highest BCUT2D eigenvalue weighted by Gasteiger charge is 2.11. The van der Waals surface area contributed by atoms with Crippen molar-refractivity contribution in [3.8, 4) is 12.3 Å². The van der Waals surface area contributed by atoms with Crippen molar-refractivity contribution in [2.45, 2.75) is 19.9 Å². The molecule has 0 radical (unpaired) electrons. The van der Waals surface area contributed by atoms with Crippen molar-refractivity contribution in [3.05, 3.63) is 23.9 Å². The van der Waals surface area contributed by atoms with Crippen molar-refractivity contribution < 1.29 is 9.90 Å². The highest BCUT2D eigenvalue weighted by molar-refractivity contribution is 5.88. The summed E-state index contributed by atoms with van der Waals surface area (Å²) in [7, 11) is 0. The van der Waals surface area contributed by atoms with Gasteiger partial charge < -0.3 is 10.4 Å². The summed E-state index contributed by atoms with van der Waals surface area (Å²) in [6.07, 6.45) is 6.81. The van der Waals surface area contributed by atoms with Gasteiger partial charge in [-0.25, -0.2) is 9.78 Å². The zero-order chi connectivity index (χ0) is 12.1. The van der Waals surface area contributed by atoms with Crippen LogP contribution >= 0.6 is 0 Å². The summed E-state index contributed by atoms with van der Waals surface area (Å²) in [5, 5.41) is 11.8. The highest BCUT2D eigenvalue weighted by Crippen LogP contribution is 2.11. The molecule has 4 nitrogen and oxygen atoms in total. The summed E-state index contributed by atoms with van der Waals surface area (Å²) in [6, 6.07) is 2.75. The van der Waals surface area contributed by atoms with Gasteiger partial charge in [-0.1, -0.05) is 19.8 Å². The van der Waals surface area contributed by atoms with E-state index in [1.165, 1.54) is 18.3 Å². The lowest BCUT2D eigenvalue weighted by atomic mass is 10.1. The first-order valence-corrected chi connectivity index (χ1v) is 4.96. The number of aromatic carboxylic acids is 1. The van der Waals surface area contributed by atoms with Crippen LogP contribution in [-0.4, -0.2) is 22.1 Å². The Labute approximate surface area is 94.7 Å². The van der Waals surface area contributed by atoms with Crippen LogP contribution in [0.2, 0.25) is 0 Å². The average molecular weight is 218 g/mol. The van der Waals surface area contributed by atoms with Crippen molar-refractivity contribution in [1.82, 2.24) is 4.98 Å². The summed E-state index contributed by atoms with van der Waals surface area (Å²) in [5.41, 5.74) is 0.192. The Morgan fingerprint density at radius 3 is 2.81 bits per heavy atom. The van der Waals surface area contributed by atoms with E-state index in [2.05, 4.69) is 16.2 Å². The normalized spacial score (nSPS) is 11.9. The van der Waals surface area contributed by atoms with Gasteiger partial charge in [0.05, 0.1) is 11.6 Å². The molecule has 0 fully saturated rings. The first-order chi connectivity index (χ1) is 7.54. The number of carboxylic acids is 1. The molecule has 0 spiro atoms. The fourth-order valence-electron chi connectivity index (χ4n) is 1.20. The highest BCUT2D eigenvalue weighted by atomic mass is 16.4. The largest absolute Gasteiger partial charge is 0.478 e. The van der Waals surface area contributed by atoms with Crippen LogP contribution in [-0.2, 0) is 0 Å². The molecule has 1 heterocycles. The number of anilines is 1. The minimum absolute atomic E-state index is 0.156. The molecule has 2 N–H and O–H groups in total. The molecule has 1 aromatic rings. The number of nitrogens with zero attached hydrogens (tertiary/aromatic N) is 1. The quantitative estimate of drug-likeness (QED) is 0.757. The Morgan fingerprint density at radius 1 is 1.62 bits per heavy atom. The summed E-state index contributed by atoms with van der Waals surface area (Å²) in [6.45, 7) is 3.97. The van der Waals surface area contributed by atoms with Gasteiger partial charge in [0.2, 0.25) is 0 Å². The molecule has 1 atom stereocenters. The van der Waals surface area contributed by atoms with Crippen molar-refractivity contribution in [1.29, 1.82) is 0 Å². The van der Waals surface area contributed by atoms with E-state index < -0.39 is 5.97 Å². The molecule has 4 heteroatoms. The Balaban J connectivity index is 2.86. The van der Waals surface area contributed by atoms with E-state index in [4.69, 9.17) is 11.5 Å². The van der Waals surface area contributed by atoms with E-state index in [0.717, 1.165) is 0 Å². The Kier molecular flexibility index (Phi) is 3.90. The fraction of sp³-hybridized carbons (Fsp3) is 0.333. The fourth-order valence-corrected chi connectivity index (χ4v) is 1.20. The molecule has 0 saturated carbocycles. The Morgan fingerprint density at radius 2 is 2.31 bits per heavy atom. The van der Waals surface area contributed by atoms with E-state index in [0.29, 0.717) is 5.82 Å². The van der Waals surface area contributed by atoms with Crippen LogP contribution < -0.4 is 5.32 Å². The van der Waals surface area contributed by atoms with Crippen molar-refractivity contribution in [2.24, 2.45) is 5.92 Å². The maximum absolute atomic E-state index is 10.7. The van der Waals surface area contributed by atoms with Crippen LogP contribution in [0.15, 0.2) is 18.3 Å². The number of carbonyl (C=O) groups is 1. The van der Waals surface area contributed by atoms with Gasteiger partial charge >= 0.3 is 5.97 Å². The topological polar surface area (TPSA) is 62.2 Å². The molecule has 0 aliphatic rings. The second-order valence-electron chi connectivity index (χ2n) is 3.77. The van der Waals surface area contributed by atoms with E-state index in [9.17, 15) is 4.79 Å². The van der Waals surface area contributed by atoms with Crippen molar-refractivity contribution in [2.75, 3.05) is 5.32 Å².